The van der Waals surface area contributed by atoms with Crippen LogP contribution in [0.1, 0.15) is 43.5 Å². The van der Waals surface area contributed by atoms with Crippen LogP contribution in [0.15, 0.2) is 12.1 Å². The van der Waals surface area contributed by atoms with Crippen LogP contribution < -0.4 is 11.1 Å². The third-order valence-electron chi connectivity index (χ3n) is 4.09. The summed E-state index contributed by atoms with van der Waals surface area (Å²) in [6.45, 7) is 4.45. The van der Waals surface area contributed by atoms with Crippen molar-refractivity contribution >= 4 is 28.9 Å². The van der Waals surface area contributed by atoms with Gasteiger partial charge in [0.05, 0.1) is 23.4 Å². The third kappa shape index (κ3) is 2.85. The molecule has 0 amide bonds. The fourth-order valence-corrected chi connectivity index (χ4v) is 3.10. The second-order valence-electron chi connectivity index (χ2n) is 5.99. The number of halogens is 1. The molecule has 1 aliphatic rings. The Morgan fingerprint density at radius 1 is 1.50 bits per heavy atom. The van der Waals surface area contributed by atoms with Gasteiger partial charge >= 0.3 is 5.97 Å². The number of hydrogen-bond donors (Lipinski definition) is 2. The first-order valence-corrected chi connectivity index (χ1v) is 7.17. The minimum atomic E-state index is -0.433. The van der Waals surface area contributed by atoms with Crippen molar-refractivity contribution in [2.24, 2.45) is 5.41 Å². The molecule has 1 unspecified atom stereocenters. The zero-order valence-corrected chi connectivity index (χ0v) is 12.9. The van der Waals surface area contributed by atoms with Crippen molar-refractivity contribution in [1.29, 1.82) is 0 Å². The number of anilines is 2. The molecule has 0 aliphatic heterocycles. The lowest BCUT2D eigenvalue weighted by atomic mass is 9.87. The van der Waals surface area contributed by atoms with Crippen molar-refractivity contribution in [1.82, 2.24) is 0 Å². The number of nitrogens with two attached hydrogens (primary N) is 1. The van der Waals surface area contributed by atoms with Gasteiger partial charge in [0.2, 0.25) is 0 Å². The Hall–Kier alpha value is -1.42. The summed E-state index contributed by atoms with van der Waals surface area (Å²) in [5.41, 5.74) is 7.40. The summed E-state index contributed by atoms with van der Waals surface area (Å²) in [4.78, 5) is 11.9. The second kappa shape index (κ2) is 5.52. The van der Waals surface area contributed by atoms with E-state index in [-0.39, 0.29) is 11.5 Å². The van der Waals surface area contributed by atoms with E-state index in [2.05, 4.69) is 19.2 Å². The molecule has 5 heteroatoms. The highest BCUT2D eigenvalue weighted by Crippen LogP contribution is 2.41. The number of carbonyl (C=O) groups excluding carboxylic acids is 1. The van der Waals surface area contributed by atoms with Crippen molar-refractivity contribution < 1.29 is 9.53 Å². The molecule has 1 atom stereocenters. The number of nitrogen functional groups attached to an aromatic ring is 1. The first-order valence-electron chi connectivity index (χ1n) is 6.79. The van der Waals surface area contributed by atoms with Crippen LogP contribution in [0.4, 0.5) is 11.4 Å². The summed E-state index contributed by atoms with van der Waals surface area (Å²) in [7, 11) is 1.35. The van der Waals surface area contributed by atoms with Gasteiger partial charge in [-0.3, -0.25) is 0 Å². The van der Waals surface area contributed by atoms with E-state index in [0.29, 0.717) is 22.0 Å². The molecule has 110 valence electrons. The highest BCUT2D eigenvalue weighted by atomic mass is 35.5. The van der Waals surface area contributed by atoms with Crippen molar-refractivity contribution in [3.05, 3.63) is 22.7 Å². The third-order valence-corrected chi connectivity index (χ3v) is 4.39. The van der Waals surface area contributed by atoms with Gasteiger partial charge in [0.1, 0.15) is 0 Å². The Balaban J connectivity index is 2.38. The molecule has 1 aromatic carbocycles. The highest BCUT2D eigenvalue weighted by Gasteiger charge is 2.35. The number of ether oxygens (including phenoxy) is 1. The lowest BCUT2D eigenvalue weighted by molar-refractivity contribution is 0.0601. The summed E-state index contributed by atoms with van der Waals surface area (Å²) in [6.07, 6.45) is 3.39. The van der Waals surface area contributed by atoms with Gasteiger partial charge in [0, 0.05) is 11.7 Å². The van der Waals surface area contributed by atoms with Crippen LogP contribution in [0, 0.1) is 5.41 Å². The highest BCUT2D eigenvalue weighted by molar-refractivity contribution is 6.34. The SMILES string of the molecule is COC(=O)c1cc(N)cc(Cl)c1NC1CCCC1(C)C. The second-order valence-corrected chi connectivity index (χ2v) is 6.40. The zero-order valence-electron chi connectivity index (χ0n) is 12.1. The van der Waals surface area contributed by atoms with Crippen LogP contribution in [-0.2, 0) is 4.74 Å². The fourth-order valence-electron chi connectivity index (χ4n) is 2.81. The van der Waals surface area contributed by atoms with Crippen molar-refractivity contribution in [3.63, 3.8) is 0 Å². The monoisotopic (exact) mass is 296 g/mol. The summed E-state index contributed by atoms with van der Waals surface area (Å²) < 4.78 is 4.81. The van der Waals surface area contributed by atoms with Gasteiger partial charge < -0.3 is 15.8 Å². The normalized spacial score (nSPS) is 20.7. The number of hydrogen-bond acceptors (Lipinski definition) is 4. The van der Waals surface area contributed by atoms with E-state index < -0.39 is 5.97 Å². The smallest absolute Gasteiger partial charge is 0.340 e. The van der Waals surface area contributed by atoms with E-state index in [0.717, 1.165) is 12.8 Å². The number of methoxy groups -OCH3 is 1. The van der Waals surface area contributed by atoms with Gasteiger partial charge in [0.25, 0.3) is 0 Å². The number of rotatable bonds is 3. The molecule has 0 bridgehead atoms. The molecule has 20 heavy (non-hydrogen) atoms. The first kappa shape index (κ1) is 15.0. The van der Waals surface area contributed by atoms with E-state index in [1.807, 2.05) is 0 Å². The van der Waals surface area contributed by atoms with E-state index in [4.69, 9.17) is 22.1 Å². The molecule has 1 aromatic rings. The van der Waals surface area contributed by atoms with Crippen molar-refractivity contribution in [2.75, 3.05) is 18.2 Å². The van der Waals surface area contributed by atoms with Crippen molar-refractivity contribution in [2.45, 2.75) is 39.2 Å². The van der Waals surface area contributed by atoms with E-state index in [1.165, 1.54) is 13.5 Å². The Bertz CT molecular complexity index is 529. The fraction of sp³-hybridized carbons (Fsp3) is 0.533. The van der Waals surface area contributed by atoms with Crippen molar-refractivity contribution in [3.8, 4) is 0 Å². The predicted molar refractivity (Wildman–Crippen MR) is 82.2 cm³/mol. The Morgan fingerprint density at radius 3 is 2.75 bits per heavy atom. The summed E-state index contributed by atoms with van der Waals surface area (Å²) in [5, 5.41) is 3.87. The molecule has 1 aliphatic carbocycles. The molecular formula is C15H21ClN2O2. The summed E-state index contributed by atoms with van der Waals surface area (Å²) in [5.74, 6) is -0.433. The Morgan fingerprint density at radius 2 is 2.20 bits per heavy atom. The van der Waals surface area contributed by atoms with Crippen LogP contribution in [-0.4, -0.2) is 19.1 Å². The van der Waals surface area contributed by atoms with E-state index in [9.17, 15) is 4.79 Å². The summed E-state index contributed by atoms with van der Waals surface area (Å²) >= 11 is 6.26. The molecule has 4 nitrogen and oxygen atoms in total. The first-order chi connectivity index (χ1) is 9.35. The van der Waals surface area contributed by atoms with E-state index >= 15 is 0 Å². The van der Waals surface area contributed by atoms with Gasteiger partial charge in [-0.2, -0.15) is 0 Å². The Kier molecular flexibility index (Phi) is 4.14. The van der Waals surface area contributed by atoms with Crippen LogP contribution in [0.25, 0.3) is 0 Å². The largest absolute Gasteiger partial charge is 0.465 e. The van der Waals surface area contributed by atoms with Crippen LogP contribution >= 0.6 is 11.6 Å². The average Bonchev–Trinajstić information content (AvgIpc) is 2.70. The molecule has 0 aromatic heterocycles. The Labute approximate surface area is 124 Å². The standard InChI is InChI=1S/C15H21ClN2O2/c1-15(2)6-4-5-12(15)18-13-10(14(19)20-3)7-9(17)8-11(13)16/h7-8,12,18H,4-6,17H2,1-3H3. The minimum absolute atomic E-state index is 0.179. The number of benzene rings is 1. The van der Waals surface area contributed by atoms with Crippen LogP contribution in [0.5, 0.6) is 0 Å². The van der Waals surface area contributed by atoms with Crippen LogP contribution in [0.2, 0.25) is 5.02 Å². The number of esters is 1. The lowest BCUT2D eigenvalue weighted by Gasteiger charge is -2.29. The molecule has 0 saturated heterocycles. The average molecular weight is 297 g/mol. The van der Waals surface area contributed by atoms with Gasteiger partial charge in [-0.25, -0.2) is 4.79 Å². The topological polar surface area (TPSA) is 64.3 Å². The lowest BCUT2D eigenvalue weighted by Crippen LogP contribution is -2.31. The molecule has 3 N–H and O–H groups in total. The quantitative estimate of drug-likeness (QED) is 0.659. The molecule has 1 saturated carbocycles. The van der Waals surface area contributed by atoms with Gasteiger partial charge in [-0.05, 0) is 30.4 Å². The molecule has 0 spiro atoms. The summed E-state index contributed by atoms with van der Waals surface area (Å²) in [6, 6.07) is 3.53. The predicted octanol–water partition coefficient (Wildman–Crippen LogP) is 3.70. The zero-order chi connectivity index (χ0) is 14.9. The molecule has 0 heterocycles. The molecular weight excluding hydrogens is 276 g/mol. The maximum Gasteiger partial charge on any atom is 0.340 e. The maximum atomic E-state index is 11.9. The number of nitrogens with one attached hydrogen (secondary N) is 1. The van der Waals surface area contributed by atoms with Gasteiger partial charge in [-0.15, -0.1) is 0 Å². The molecule has 1 fully saturated rings. The maximum absolute atomic E-state index is 11.9. The molecule has 2 rings (SSSR count). The molecule has 0 radical (unpaired) electrons. The van der Waals surface area contributed by atoms with Gasteiger partial charge in [0.15, 0.2) is 0 Å². The minimum Gasteiger partial charge on any atom is -0.465 e. The van der Waals surface area contributed by atoms with E-state index in [1.54, 1.807) is 12.1 Å². The van der Waals surface area contributed by atoms with Crippen LogP contribution in [0.3, 0.4) is 0 Å². The number of carbonyl (C=O) groups is 1. The van der Waals surface area contributed by atoms with Gasteiger partial charge in [-0.1, -0.05) is 31.9 Å².